The van der Waals surface area contributed by atoms with Gasteiger partial charge < -0.3 is 57.6 Å². The van der Waals surface area contributed by atoms with Gasteiger partial charge in [-0.05, 0) is 52.8 Å². The first kappa shape index (κ1) is 30.7. The van der Waals surface area contributed by atoms with Crippen molar-refractivity contribution in [1.29, 1.82) is 0 Å². The van der Waals surface area contributed by atoms with E-state index in [2.05, 4.69) is 0 Å². The Bertz CT molecular complexity index is 1660. The lowest BCUT2D eigenvalue weighted by Gasteiger charge is -2.47. The third-order valence-corrected chi connectivity index (χ3v) is 10.4. The van der Waals surface area contributed by atoms with E-state index in [1.165, 1.54) is 32.7 Å². The first-order valence-electron chi connectivity index (χ1n) is 15.3. The van der Waals surface area contributed by atoms with E-state index in [9.17, 15) is 15.0 Å². The minimum absolute atomic E-state index is 0.0273. The van der Waals surface area contributed by atoms with Gasteiger partial charge in [0.1, 0.15) is 24.4 Å². The lowest BCUT2D eigenvalue weighted by molar-refractivity contribution is -0.368. The molecule has 5 aliphatic rings. The molecular weight excluding hydrogens is 636 g/mol. The van der Waals surface area contributed by atoms with Crippen LogP contribution >= 0.6 is 11.3 Å². The van der Waals surface area contributed by atoms with Crippen molar-refractivity contribution in [2.45, 2.75) is 49.5 Å². The van der Waals surface area contributed by atoms with Crippen LogP contribution in [0.3, 0.4) is 0 Å². The molecule has 8 rings (SSSR count). The molecule has 1 aliphatic carbocycles. The topological polar surface area (TPSA) is 150 Å². The Balaban J connectivity index is 1.21. The van der Waals surface area contributed by atoms with E-state index < -0.39 is 54.9 Å². The summed E-state index contributed by atoms with van der Waals surface area (Å²) < 4.78 is 59.4. The number of hydrogen-bond donors (Lipinski definition) is 2. The molecule has 14 heteroatoms. The summed E-state index contributed by atoms with van der Waals surface area (Å²) in [4.78, 5) is 14.2. The summed E-state index contributed by atoms with van der Waals surface area (Å²) >= 11 is 1.47. The number of methoxy groups -OCH3 is 3. The van der Waals surface area contributed by atoms with Crippen LogP contribution in [-0.2, 0) is 34.9 Å². The maximum absolute atomic E-state index is 13.3. The highest BCUT2D eigenvalue weighted by Crippen LogP contribution is 2.55. The molecule has 9 atom stereocenters. The molecule has 3 aromatic rings. The molecule has 250 valence electrons. The van der Waals surface area contributed by atoms with Gasteiger partial charge in [-0.25, -0.2) is 0 Å². The first-order valence-corrected chi connectivity index (χ1v) is 16.2. The fourth-order valence-corrected chi connectivity index (χ4v) is 7.93. The van der Waals surface area contributed by atoms with Crippen molar-refractivity contribution in [2.75, 3.05) is 41.3 Å². The molecule has 0 spiro atoms. The number of fused-ring (bicyclic) bond motifs is 6. The normalized spacial score (nSPS) is 32.2. The monoisotopic (exact) mass is 670 g/mol. The summed E-state index contributed by atoms with van der Waals surface area (Å²) in [6.07, 6.45) is -6.99. The molecule has 3 saturated heterocycles. The highest BCUT2D eigenvalue weighted by Gasteiger charge is 2.53. The van der Waals surface area contributed by atoms with Crippen LogP contribution in [0.2, 0.25) is 0 Å². The van der Waals surface area contributed by atoms with Crippen LogP contribution in [0.4, 0.5) is 0 Å². The van der Waals surface area contributed by atoms with Crippen molar-refractivity contribution in [3.63, 3.8) is 0 Å². The number of cyclic esters (lactones) is 1. The van der Waals surface area contributed by atoms with Crippen LogP contribution < -0.4 is 23.7 Å². The van der Waals surface area contributed by atoms with E-state index in [4.69, 9.17) is 47.4 Å². The van der Waals surface area contributed by atoms with Gasteiger partial charge >= 0.3 is 5.97 Å². The Morgan fingerprint density at radius 1 is 0.915 bits per heavy atom. The summed E-state index contributed by atoms with van der Waals surface area (Å²) in [7, 11) is 4.59. The molecule has 0 saturated carbocycles. The SMILES string of the molecule is COc1cc2c(c(OC)c1OC)-c1cc3c(cc1C(OC1OC4COC(c5cccs5)OC4C(O)C1O)C1COC(=O)C1C2)OCO3. The van der Waals surface area contributed by atoms with Gasteiger partial charge in [0.2, 0.25) is 12.5 Å². The van der Waals surface area contributed by atoms with E-state index in [1.807, 2.05) is 29.6 Å². The summed E-state index contributed by atoms with van der Waals surface area (Å²) in [5.41, 5.74) is 2.73. The average Bonchev–Trinajstić information content (AvgIpc) is 3.86. The van der Waals surface area contributed by atoms with Crippen molar-refractivity contribution in [1.82, 2.24) is 0 Å². The van der Waals surface area contributed by atoms with Gasteiger partial charge in [0, 0.05) is 11.5 Å². The largest absolute Gasteiger partial charge is 0.493 e. The fourth-order valence-electron chi connectivity index (χ4n) is 7.23. The Labute approximate surface area is 273 Å². The van der Waals surface area contributed by atoms with Crippen molar-refractivity contribution < 1.29 is 62.4 Å². The summed E-state index contributed by atoms with van der Waals surface area (Å²) in [6.45, 7) is 0.199. The zero-order valence-corrected chi connectivity index (χ0v) is 26.6. The Hall–Kier alpha value is -3.63. The second-order valence-corrected chi connectivity index (χ2v) is 12.9. The number of thiophene rings is 1. The first-order chi connectivity index (χ1) is 22.9. The van der Waals surface area contributed by atoms with Crippen molar-refractivity contribution >= 4 is 17.3 Å². The molecule has 13 nitrogen and oxygen atoms in total. The van der Waals surface area contributed by atoms with Crippen molar-refractivity contribution in [2.24, 2.45) is 11.8 Å². The third kappa shape index (κ3) is 5.01. The van der Waals surface area contributed by atoms with Crippen LogP contribution in [0.25, 0.3) is 11.1 Å². The molecule has 47 heavy (non-hydrogen) atoms. The highest BCUT2D eigenvalue weighted by atomic mass is 32.1. The number of carbonyl (C=O) groups is 1. The number of rotatable bonds is 6. The maximum Gasteiger partial charge on any atom is 0.309 e. The van der Waals surface area contributed by atoms with Crippen LogP contribution in [-0.4, -0.2) is 88.2 Å². The van der Waals surface area contributed by atoms with Crippen molar-refractivity contribution in [3.8, 4) is 39.9 Å². The molecule has 9 unspecified atom stereocenters. The summed E-state index contributed by atoms with van der Waals surface area (Å²) in [6, 6.07) is 9.25. The number of carbonyl (C=O) groups excluding carboxylic acids is 1. The lowest BCUT2D eigenvalue weighted by Crippen LogP contribution is -2.62. The number of aliphatic hydroxyl groups is 2. The molecule has 4 aliphatic heterocycles. The lowest BCUT2D eigenvalue weighted by atomic mass is 9.76. The molecular formula is C33H34O13S. The zero-order chi connectivity index (χ0) is 32.4. The van der Waals surface area contributed by atoms with Crippen LogP contribution in [0, 0.1) is 11.8 Å². The molecule has 3 fully saturated rings. The number of hydrogen-bond acceptors (Lipinski definition) is 14. The summed E-state index contributed by atoms with van der Waals surface area (Å²) in [5.74, 6) is 0.709. The van der Waals surface area contributed by atoms with Gasteiger partial charge in [0.25, 0.3) is 0 Å². The molecule has 0 radical (unpaired) electrons. The van der Waals surface area contributed by atoms with Gasteiger partial charge in [-0.1, -0.05) is 6.07 Å². The average molecular weight is 671 g/mol. The Morgan fingerprint density at radius 2 is 1.72 bits per heavy atom. The second-order valence-electron chi connectivity index (χ2n) is 11.9. The standard InChI is InChI=1S/C33H34O13S/c1-37-21-8-14-7-17-18(11-40-31(17)36)27(16-10-20-19(42-13-43-20)9-15(16)24(14)30(39-3)29(21)38-2)45-33-26(35)25(34)28-22(44-33)12-41-32(46-28)23-5-4-6-47-23/h4-6,8-10,17-18,22,25-28,32-35H,7,11-13H2,1-3H3. The van der Waals surface area contributed by atoms with E-state index >= 15 is 0 Å². The smallest absolute Gasteiger partial charge is 0.309 e. The van der Waals surface area contributed by atoms with Gasteiger partial charge in [-0.3, -0.25) is 4.79 Å². The molecule has 5 heterocycles. The molecule has 0 amide bonds. The van der Waals surface area contributed by atoms with Gasteiger partial charge in [0.15, 0.2) is 35.6 Å². The number of esters is 1. The van der Waals surface area contributed by atoms with Gasteiger partial charge in [-0.2, -0.15) is 0 Å². The summed E-state index contributed by atoms with van der Waals surface area (Å²) in [5, 5.41) is 24.6. The number of ether oxygens (including phenoxy) is 10. The van der Waals surface area contributed by atoms with E-state index in [-0.39, 0.29) is 32.4 Å². The van der Waals surface area contributed by atoms with Crippen LogP contribution in [0.1, 0.15) is 28.4 Å². The molecule has 2 N–H and O–H groups in total. The Kier molecular flexibility index (Phi) is 7.91. The third-order valence-electron chi connectivity index (χ3n) is 9.49. The minimum atomic E-state index is -1.48. The molecule has 2 aromatic carbocycles. The van der Waals surface area contributed by atoms with Crippen LogP contribution in [0.5, 0.6) is 28.7 Å². The predicted octanol–water partition coefficient (Wildman–Crippen LogP) is 3.13. The van der Waals surface area contributed by atoms with Gasteiger partial charge in [0.05, 0.1) is 51.4 Å². The van der Waals surface area contributed by atoms with Gasteiger partial charge in [-0.15, -0.1) is 11.3 Å². The fraction of sp³-hybridized carbons (Fsp3) is 0.485. The maximum atomic E-state index is 13.3. The second kappa shape index (κ2) is 12.1. The van der Waals surface area contributed by atoms with Crippen LogP contribution in [0.15, 0.2) is 35.7 Å². The van der Waals surface area contributed by atoms with E-state index in [0.29, 0.717) is 45.4 Å². The molecule has 1 aromatic heterocycles. The molecule has 0 bridgehead atoms. The highest BCUT2D eigenvalue weighted by molar-refractivity contribution is 7.10. The number of benzene rings is 2. The predicted molar refractivity (Wildman–Crippen MR) is 162 cm³/mol. The minimum Gasteiger partial charge on any atom is -0.493 e. The van der Waals surface area contributed by atoms with E-state index in [0.717, 1.165) is 10.4 Å². The number of aliphatic hydroxyl groups excluding tert-OH is 2. The van der Waals surface area contributed by atoms with Crippen molar-refractivity contribution in [3.05, 3.63) is 51.7 Å². The quantitative estimate of drug-likeness (QED) is 0.370. The Morgan fingerprint density at radius 3 is 2.47 bits per heavy atom. The van der Waals surface area contributed by atoms with E-state index in [1.54, 1.807) is 6.07 Å². The zero-order valence-electron chi connectivity index (χ0n) is 25.8.